The van der Waals surface area contributed by atoms with E-state index in [1.807, 2.05) is 42.5 Å². The molecule has 0 radical (unpaired) electrons. The van der Waals surface area contributed by atoms with Gasteiger partial charge in [0, 0.05) is 42.9 Å². The maximum absolute atomic E-state index is 10.4. The lowest BCUT2D eigenvalue weighted by Gasteiger charge is -2.19. The Bertz CT molecular complexity index is 694. The summed E-state index contributed by atoms with van der Waals surface area (Å²) in [5.74, 6) is 0.976. The zero-order valence-electron chi connectivity index (χ0n) is 11.8. The molecule has 2 aromatic rings. The van der Waals surface area contributed by atoms with Crippen LogP contribution in [0.4, 0.5) is 5.69 Å². The molecule has 106 valence electrons. The maximum atomic E-state index is 10.4. The first-order valence-corrected chi connectivity index (χ1v) is 7.37. The summed E-state index contributed by atoms with van der Waals surface area (Å²) in [6.45, 7) is 3.03. The number of hydrogen-bond acceptors (Lipinski definition) is 3. The zero-order chi connectivity index (χ0) is 14.2. The van der Waals surface area contributed by atoms with E-state index < -0.39 is 0 Å². The molecule has 2 aromatic carbocycles. The predicted molar refractivity (Wildman–Crippen MR) is 85.3 cm³/mol. The second-order valence-electron chi connectivity index (χ2n) is 5.77. The van der Waals surface area contributed by atoms with E-state index in [-0.39, 0.29) is 0 Å². The average Bonchev–Trinajstić information content (AvgIpc) is 3.09. The summed E-state index contributed by atoms with van der Waals surface area (Å²) in [7, 11) is 0. The minimum atomic E-state index is 0.350. The van der Waals surface area contributed by atoms with Crippen LogP contribution in [-0.2, 0) is 0 Å². The quantitative estimate of drug-likeness (QED) is 0.886. The molecule has 2 aliphatic rings. The average molecular weight is 278 g/mol. The minimum absolute atomic E-state index is 0.350. The molecule has 0 spiro atoms. The number of aromatic hydroxyl groups is 1. The van der Waals surface area contributed by atoms with E-state index in [1.165, 1.54) is 5.57 Å². The topological polar surface area (TPSA) is 35.5 Å². The Kier molecular flexibility index (Phi) is 2.85. The van der Waals surface area contributed by atoms with Gasteiger partial charge in [-0.05, 0) is 29.5 Å². The van der Waals surface area contributed by atoms with Crippen molar-refractivity contribution in [2.45, 2.75) is 0 Å². The van der Waals surface area contributed by atoms with Gasteiger partial charge in [-0.25, -0.2) is 0 Å². The number of fused-ring (bicyclic) bond motifs is 1. The van der Waals surface area contributed by atoms with Gasteiger partial charge in [-0.2, -0.15) is 0 Å². The fourth-order valence-electron chi connectivity index (χ4n) is 3.26. The van der Waals surface area contributed by atoms with Crippen molar-refractivity contribution in [2.24, 2.45) is 5.92 Å². The molecule has 1 unspecified atom stereocenters. The van der Waals surface area contributed by atoms with Gasteiger partial charge >= 0.3 is 0 Å². The van der Waals surface area contributed by atoms with Crippen molar-refractivity contribution in [1.29, 1.82) is 0 Å². The van der Waals surface area contributed by atoms with Crippen molar-refractivity contribution >= 4 is 5.69 Å². The van der Waals surface area contributed by atoms with Crippen LogP contribution in [0.3, 0.4) is 0 Å². The van der Waals surface area contributed by atoms with Crippen molar-refractivity contribution in [3.8, 4) is 16.9 Å². The number of phenolic OH excluding ortho intramolecular Hbond substituents is 1. The first-order valence-electron chi connectivity index (χ1n) is 7.37. The van der Waals surface area contributed by atoms with Crippen LogP contribution in [0.1, 0.15) is 0 Å². The highest BCUT2D eigenvalue weighted by Gasteiger charge is 2.30. The lowest BCUT2D eigenvalue weighted by molar-refractivity contribution is 0.477. The fourth-order valence-corrected chi connectivity index (χ4v) is 3.26. The van der Waals surface area contributed by atoms with Crippen LogP contribution in [-0.4, -0.2) is 24.7 Å². The number of rotatable bonds is 2. The third-order valence-corrected chi connectivity index (χ3v) is 4.42. The molecular formula is C18H18N2O. The number of nitrogens with zero attached hydrogens (tertiary/aromatic N) is 1. The van der Waals surface area contributed by atoms with Gasteiger partial charge in [0.2, 0.25) is 0 Å². The van der Waals surface area contributed by atoms with E-state index in [0.717, 1.165) is 36.4 Å². The smallest absolute Gasteiger partial charge is 0.125 e. The molecule has 0 aliphatic carbocycles. The van der Waals surface area contributed by atoms with Crippen molar-refractivity contribution in [3.63, 3.8) is 0 Å². The summed E-state index contributed by atoms with van der Waals surface area (Å²) in [6, 6.07) is 16.0. The van der Waals surface area contributed by atoms with Crippen molar-refractivity contribution in [2.75, 3.05) is 24.5 Å². The van der Waals surface area contributed by atoms with Crippen molar-refractivity contribution in [1.82, 2.24) is 5.32 Å². The van der Waals surface area contributed by atoms with Crippen LogP contribution in [0, 0.1) is 5.92 Å². The third kappa shape index (κ3) is 2.15. The molecule has 1 fully saturated rings. The van der Waals surface area contributed by atoms with E-state index in [1.54, 1.807) is 0 Å². The first-order chi connectivity index (χ1) is 10.3. The van der Waals surface area contributed by atoms with Gasteiger partial charge in [-0.15, -0.1) is 0 Å². The monoisotopic (exact) mass is 278 g/mol. The molecule has 0 saturated carbocycles. The fraction of sp³-hybridized carbons (Fsp3) is 0.222. The van der Waals surface area contributed by atoms with Gasteiger partial charge in [0.15, 0.2) is 0 Å². The van der Waals surface area contributed by atoms with Crippen molar-refractivity contribution in [3.05, 3.63) is 60.3 Å². The number of hydrogen-bond donors (Lipinski definition) is 2. The van der Waals surface area contributed by atoms with Gasteiger partial charge in [0.1, 0.15) is 5.75 Å². The molecule has 1 saturated heterocycles. The largest absolute Gasteiger partial charge is 0.507 e. The van der Waals surface area contributed by atoms with Crippen LogP contribution in [0.5, 0.6) is 5.75 Å². The predicted octanol–water partition coefficient (Wildman–Crippen LogP) is 2.98. The summed E-state index contributed by atoms with van der Waals surface area (Å²) >= 11 is 0. The lowest BCUT2D eigenvalue weighted by Crippen LogP contribution is -2.23. The van der Waals surface area contributed by atoms with Crippen LogP contribution in [0.15, 0.2) is 60.3 Å². The van der Waals surface area contributed by atoms with E-state index >= 15 is 0 Å². The first kappa shape index (κ1) is 12.3. The number of benzene rings is 2. The van der Waals surface area contributed by atoms with Gasteiger partial charge in [0.05, 0.1) is 0 Å². The Morgan fingerprint density at radius 1 is 1.10 bits per heavy atom. The van der Waals surface area contributed by atoms with E-state index in [2.05, 4.69) is 22.5 Å². The Morgan fingerprint density at radius 2 is 1.95 bits per heavy atom. The normalized spacial score (nSPS) is 20.1. The molecule has 0 amide bonds. The minimum Gasteiger partial charge on any atom is -0.507 e. The van der Waals surface area contributed by atoms with Gasteiger partial charge in [-0.3, -0.25) is 0 Å². The van der Waals surface area contributed by atoms with Gasteiger partial charge < -0.3 is 15.3 Å². The zero-order valence-corrected chi connectivity index (χ0v) is 11.8. The van der Waals surface area contributed by atoms with Crippen LogP contribution >= 0.6 is 0 Å². The highest BCUT2D eigenvalue weighted by atomic mass is 16.3. The molecule has 3 nitrogen and oxygen atoms in total. The summed E-state index contributed by atoms with van der Waals surface area (Å²) in [4.78, 5) is 2.34. The molecule has 2 heterocycles. The molecule has 4 rings (SSSR count). The van der Waals surface area contributed by atoms with Gasteiger partial charge in [0.25, 0.3) is 0 Å². The second-order valence-corrected chi connectivity index (χ2v) is 5.77. The van der Waals surface area contributed by atoms with Gasteiger partial charge in [-0.1, -0.05) is 30.3 Å². The molecule has 21 heavy (non-hydrogen) atoms. The SMILES string of the molecule is Oc1cc(N2CC3=CNCC3C2)ccc1-c1ccccc1. The summed E-state index contributed by atoms with van der Waals surface area (Å²) in [5.41, 5.74) is 4.51. The highest BCUT2D eigenvalue weighted by molar-refractivity contribution is 5.73. The summed E-state index contributed by atoms with van der Waals surface area (Å²) in [6.07, 6.45) is 2.14. The number of phenols is 1. The Balaban J connectivity index is 1.63. The molecule has 2 N–H and O–H groups in total. The molecule has 3 heteroatoms. The summed E-state index contributed by atoms with van der Waals surface area (Å²) < 4.78 is 0. The Labute approximate surface area is 124 Å². The number of anilines is 1. The summed E-state index contributed by atoms with van der Waals surface area (Å²) in [5, 5.41) is 13.7. The Hall–Kier alpha value is -2.42. The molecule has 0 aromatic heterocycles. The van der Waals surface area contributed by atoms with E-state index in [9.17, 15) is 5.11 Å². The lowest BCUT2D eigenvalue weighted by atomic mass is 10.0. The van der Waals surface area contributed by atoms with E-state index in [4.69, 9.17) is 0 Å². The van der Waals surface area contributed by atoms with E-state index in [0.29, 0.717) is 11.7 Å². The third-order valence-electron chi connectivity index (χ3n) is 4.42. The second kappa shape index (κ2) is 4.85. The maximum Gasteiger partial charge on any atom is 0.125 e. The molecular weight excluding hydrogens is 260 g/mol. The van der Waals surface area contributed by atoms with Crippen LogP contribution < -0.4 is 10.2 Å². The van der Waals surface area contributed by atoms with Crippen LogP contribution in [0.25, 0.3) is 11.1 Å². The molecule has 1 atom stereocenters. The van der Waals surface area contributed by atoms with Crippen molar-refractivity contribution < 1.29 is 5.11 Å². The molecule has 2 aliphatic heterocycles. The molecule has 0 bridgehead atoms. The highest BCUT2D eigenvalue weighted by Crippen LogP contribution is 2.35. The standard InChI is InChI=1S/C18H18N2O/c21-18-8-16(20-11-14-9-19-10-15(14)12-20)6-7-17(18)13-4-2-1-3-5-13/h1-9,15,19,21H,10-12H2. The Morgan fingerprint density at radius 3 is 2.71 bits per heavy atom. The van der Waals surface area contributed by atoms with Crippen LogP contribution in [0.2, 0.25) is 0 Å². The number of nitrogens with one attached hydrogen (secondary N) is 1.